The Bertz CT molecular complexity index is 1610. The van der Waals surface area contributed by atoms with Gasteiger partial charge in [-0.3, -0.25) is 0 Å². The van der Waals surface area contributed by atoms with Crippen molar-refractivity contribution in [2.45, 2.75) is 41.5 Å². The fourth-order valence-electron chi connectivity index (χ4n) is 5.24. The van der Waals surface area contributed by atoms with Gasteiger partial charge in [0.15, 0.2) is 0 Å². The van der Waals surface area contributed by atoms with Crippen molar-refractivity contribution in [3.63, 3.8) is 0 Å². The van der Waals surface area contributed by atoms with Gasteiger partial charge in [0, 0.05) is 21.9 Å². The molecule has 0 spiro atoms. The molecule has 2 heterocycles. The van der Waals surface area contributed by atoms with E-state index in [9.17, 15) is 0 Å². The predicted octanol–water partition coefficient (Wildman–Crippen LogP) is 9.65. The summed E-state index contributed by atoms with van der Waals surface area (Å²) < 4.78 is 0. The Balaban J connectivity index is 0.000000176. The smallest absolute Gasteiger partial charge is 0.248 e. The van der Waals surface area contributed by atoms with Gasteiger partial charge in [-0.1, -0.05) is 70.8 Å². The molecule has 0 aliphatic rings. The largest absolute Gasteiger partial charge is 3.00 e. The van der Waals surface area contributed by atoms with E-state index in [2.05, 4.69) is 126 Å². The fourth-order valence-corrected chi connectivity index (χ4v) is 5.24. The molecule has 0 aliphatic heterocycles. The summed E-state index contributed by atoms with van der Waals surface area (Å²) in [4.78, 5) is 9.58. The van der Waals surface area contributed by atoms with Crippen LogP contribution in [0, 0.1) is 41.5 Å². The Morgan fingerprint density at radius 3 is 1.10 bits per heavy atom. The second kappa shape index (κ2) is 12.0. The zero-order valence-electron chi connectivity index (χ0n) is 23.5. The third-order valence-electron chi connectivity index (χ3n) is 6.88. The van der Waals surface area contributed by atoms with Crippen LogP contribution in [0.2, 0.25) is 0 Å². The van der Waals surface area contributed by atoms with Gasteiger partial charge in [-0.25, -0.2) is 9.97 Å². The standard InChI is InChI=1S/2C18H17N.Ir/c2*1-12-8-13(2)10-15(9-12)18-11-14(3)16-6-4-5-7-17(16)19-18;/h2*4-11H,1-3H3;/q;;+3. The predicted molar refractivity (Wildman–Crippen MR) is 163 cm³/mol. The van der Waals surface area contributed by atoms with E-state index < -0.39 is 0 Å². The number of para-hydroxylation sites is 2. The van der Waals surface area contributed by atoms with Gasteiger partial charge in [0.1, 0.15) is 0 Å². The molecule has 4 aromatic carbocycles. The number of rotatable bonds is 2. The molecule has 0 saturated heterocycles. The summed E-state index contributed by atoms with van der Waals surface area (Å²) in [7, 11) is 0. The van der Waals surface area contributed by atoms with Crippen LogP contribution >= 0.6 is 0 Å². The van der Waals surface area contributed by atoms with E-state index >= 15 is 0 Å². The van der Waals surface area contributed by atoms with Crippen molar-refractivity contribution >= 4 is 21.8 Å². The van der Waals surface area contributed by atoms with E-state index in [1.54, 1.807) is 0 Å². The van der Waals surface area contributed by atoms with Gasteiger partial charge in [0.25, 0.3) is 0 Å². The van der Waals surface area contributed by atoms with E-state index in [-0.39, 0.29) is 20.1 Å². The van der Waals surface area contributed by atoms with Gasteiger partial charge in [-0.2, -0.15) is 0 Å². The quantitative estimate of drug-likeness (QED) is 0.181. The summed E-state index contributed by atoms with van der Waals surface area (Å²) in [5.74, 6) is 0. The van der Waals surface area contributed by atoms with Crippen molar-refractivity contribution in [3.05, 3.63) is 130 Å². The van der Waals surface area contributed by atoms with Crippen molar-refractivity contribution in [2.24, 2.45) is 0 Å². The van der Waals surface area contributed by atoms with Crippen LogP contribution < -0.4 is 0 Å². The first-order chi connectivity index (χ1) is 18.3. The van der Waals surface area contributed by atoms with Crippen LogP contribution in [0.4, 0.5) is 0 Å². The molecule has 0 fully saturated rings. The number of benzene rings is 4. The molecule has 194 valence electrons. The van der Waals surface area contributed by atoms with Gasteiger partial charge in [-0.05, 0) is 101 Å². The first kappa shape index (κ1) is 28.4. The third-order valence-corrected chi connectivity index (χ3v) is 6.88. The molecule has 6 aromatic rings. The zero-order valence-corrected chi connectivity index (χ0v) is 25.9. The maximum Gasteiger partial charge on any atom is 3.00 e. The number of fused-ring (bicyclic) bond motifs is 2. The Labute approximate surface area is 245 Å². The molecule has 0 amide bonds. The number of aromatic nitrogens is 2. The van der Waals surface area contributed by atoms with E-state index in [4.69, 9.17) is 9.97 Å². The molecule has 39 heavy (non-hydrogen) atoms. The monoisotopic (exact) mass is 687 g/mol. The van der Waals surface area contributed by atoms with Crippen LogP contribution in [-0.2, 0) is 20.1 Å². The Morgan fingerprint density at radius 2 is 0.744 bits per heavy atom. The van der Waals surface area contributed by atoms with Crippen LogP contribution in [0.15, 0.2) is 97.1 Å². The van der Waals surface area contributed by atoms with Crippen LogP contribution in [0.25, 0.3) is 44.3 Å². The minimum absolute atomic E-state index is 0. The van der Waals surface area contributed by atoms with E-state index in [0.717, 1.165) is 22.4 Å². The van der Waals surface area contributed by atoms with Crippen molar-refractivity contribution in [1.82, 2.24) is 9.97 Å². The Hall–Kier alpha value is -3.65. The zero-order chi connectivity index (χ0) is 26.8. The molecule has 0 unspecified atom stereocenters. The van der Waals surface area contributed by atoms with Crippen LogP contribution in [-0.4, -0.2) is 9.97 Å². The first-order valence-electron chi connectivity index (χ1n) is 13.2. The summed E-state index contributed by atoms with van der Waals surface area (Å²) in [5, 5.41) is 2.46. The number of hydrogen-bond acceptors (Lipinski definition) is 2. The molecule has 0 N–H and O–H groups in total. The van der Waals surface area contributed by atoms with Crippen LogP contribution in [0.1, 0.15) is 33.4 Å². The van der Waals surface area contributed by atoms with Gasteiger partial charge in [0.05, 0.1) is 22.4 Å². The van der Waals surface area contributed by atoms with Gasteiger partial charge in [-0.15, -0.1) is 0 Å². The summed E-state index contributed by atoms with van der Waals surface area (Å²) in [6, 6.07) is 34.2. The molecule has 0 aliphatic carbocycles. The second-order valence-electron chi connectivity index (χ2n) is 10.4. The van der Waals surface area contributed by atoms with Crippen molar-refractivity contribution in [3.8, 4) is 22.5 Å². The van der Waals surface area contributed by atoms with Crippen molar-refractivity contribution < 1.29 is 20.1 Å². The second-order valence-corrected chi connectivity index (χ2v) is 10.4. The average molecular weight is 687 g/mol. The molecule has 0 atom stereocenters. The van der Waals surface area contributed by atoms with Gasteiger partial charge >= 0.3 is 20.1 Å². The molecule has 0 radical (unpaired) electrons. The molecular formula is C36H34IrN2+3. The number of aryl methyl sites for hydroxylation is 6. The maximum absolute atomic E-state index is 4.79. The maximum atomic E-state index is 4.79. The topological polar surface area (TPSA) is 25.8 Å². The molecule has 2 aromatic heterocycles. The SMILES string of the molecule is Cc1cc(C)cc(-c2cc(C)c3ccccc3n2)c1.Cc1cc(C)cc(-c2cc(C)c3ccccc3n2)c1.[Ir+3]. The molecule has 2 nitrogen and oxygen atoms in total. The Kier molecular flexibility index (Phi) is 8.75. The van der Waals surface area contributed by atoms with Crippen LogP contribution in [0.5, 0.6) is 0 Å². The van der Waals surface area contributed by atoms with Crippen LogP contribution in [0.3, 0.4) is 0 Å². The van der Waals surface area contributed by atoms with Gasteiger partial charge < -0.3 is 0 Å². The third kappa shape index (κ3) is 6.50. The molecule has 6 rings (SSSR count). The number of nitrogens with zero attached hydrogens (tertiary/aromatic N) is 2. The number of pyridine rings is 2. The number of hydrogen-bond donors (Lipinski definition) is 0. The first-order valence-corrected chi connectivity index (χ1v) is 13.2. The van der Waals surface area contributed by atoms with E-state index in [1.165, 1.54) is 55.3 Å². The average Bonchev–Trinajstić information content (AvgIpc) is 2.88. The molecule has 3 heteroatoms. The minimum atomic E-state index is 0. The summed E-state index contributed by atoms with van der Waals surface area (Å²) in [6.45, 7) is 12.8. The molecule has 0 bridgehead atoms. The van der Waals surface area contributed by atoms with E-state index in [0.29, 0.717) is 0 Å². The Morgan fingerprint density at radius 1 is 0.410 bits per heavy atom. The summed E-state index contributed by atoms with van der Waals surface area (Å²) in [5.41, 5.74) is 14.3. The van der Waals surface area contributed by atoms with Crippen molar-refractivity contribution in [1.29, 1.82) is 0 Å². The summed E-state index contributed by atoms with van der Waals surface area (Å²) >= 11 is 0. The normalized spacial score (nSPS) is 10.6. The molecule has 0 saturated carbocycles. The van der Waals surface area contributed by atoms with E-state index in [1.807, 2.05) is 12.1 Å². The molecular weight excluding hydrogens is 653 g/mol. The fraction of sp³-hybridized carbons (Fsp3) is 0.167. The minimum Gasteiger partial charge on any atom is -0.248 e. The summed E-state index contributed by atoms with van der Waals surface area (Å²) in [6.07, 6.45) is 0. The van der Waals surface area contributed by atoms with Crippen molar-refractivity contribution in [2.75, 3.05) is 0 Å². The van der Waals surface area contributed by atoms with Gasteiger partial charge in [0.2, 0.25) is 0 Å².